The highest BCUT2D eigenvalue weighted by atomic mass is 14.9. The molecule has 0 aromatic heterocycles. The molecule has 0 aliphatic carbocycles. The highest BCUT2D eigenvalue weighted by molar-refractivity contribution is 5.93. The summed E-state index contributed by atoms with van der Waals surface area (Å²) in [4.78, 5) is 0. The Balaban J connectivity index is 2.28. The van der Waals surface area contributed by atoms with Crippen molar-refractivity contribution in [2.45, 2.75) is 6.92 Å². The zero-order valence-electron chi connectivity index (χ0n) is 9.27. The first-order valence-corrected chi connectivity index (χ1v) is 5.42. The molecule has 0 radical (unpaired) electrons. The van der Waals surface area contributed by atoms with Crippen molar-refractivity contribution in [1.82, 2.24) is 0 Å². The predicted octanol–water partition coefficient (Wildman–Crippen LogP) is 3.41. The quantitative estimate of drug-likeness (QED) is 0.842. The van der Waals surface area contributed by atoms with Gasteiger partial charge in [0.15, 0.2) is 0 Å². The second-order valence-corrected chi connectivity index (χ2v) is 3.94. The van der Waals surface area contributed by atoms with E-state index in [1.165, 1.54) is 10.8 Å². The number of nitriles is 1. The van der Waals surface area contributed by atoms with Gasteiger partial charge in [0, 0.05) is 17.6 Å². The summed E-state index contributed by atoms with van der Waals surface area (Å²) in [6.07, 6.45) is 0. The molecule has 0 saturated carbocycles. The van der Waals surface area contributed by atoms with Gasteiger partial charge in [0.1, 0.15) is 0 Å². The van der Waals surface area contributed by atoms with Gasteiger partial charge in [0.05, 0.1) is 12.0 Å². The van der Waals surface area contributed by atoms with Gasteiger partial charge in [-0.05, 0) is 18.4 Å². The third kappa shape index (κ3) is 2.14. The first-order valence-electron chi connectivity index (χ1n) is 5.42. The zero-order chi connectivity index (χ0) is 11.4. The average molecular weight is 210 g/mol. The summed E-state index contributed by atoms with van der Waals surface area (Å²) in [6, 6.07) is 16.6. The summed E-state index contributed by atoms with van der Waals surface area (Å²) in [7, 11) is 0. The minimum atomic E-state index is 0.0268. The molecule has 2 nitrogen and oxygen atoms in total. The molecular formula is C14H14N2. The largest absolute Gasteiger partial charge is 0.383 e. The molecule has 16 heavy (non-hydrogen) atoms. The van der Waals surface area contributed by atoms with Gasteiger partial charge in [0.25, 0.3) is 0 Å². The van der Waals surface area contributed by atoms with E-state index in [1.54, 1.807) is 0 Å². The summed E-state index contributed by atoms with van der Waals surface area (Å²) in [6.45, 7) is 2.60. The van der Waals surface area contributed by atoms with Crippen molar-refractivity contribution in [2.24, 2.45) is 5.92 Å². The van der Waals surface area contributed by atoms with Crippen molar-refractivity contribution < 1.29 is 0 Å². The van der Waals surface area contributed by atoms with Gasteiger partial charge in [0.2, 0.25) is 0 Å². The van der Waals surface area contributed by atoms with Gasteiger partial charge in [-0.25, -0.2) is 0 Å². The van der Waals surface area contributed by atoms with Crippen molar-refractivity contribution in [2.75, 3.05) is 11.9 Å². The highest BCUT2D eigenvalue weighted by Gasteiger charge is 2.02. The second kappa shape index (κ2) is 4.67. The fourth-order valence-electron chi connectivity index (χ4n) is 1.69. The summed E-state index contributed by atoms with van der Waals surface area (Å²) in [5.41, 5.74) is 1.10. The average Bonchev–Trinajstić information content (AvgIpc) is 2.35. The van der Waals surface area contributed by atoms with Gasteiger partial charge in [-0.15, -0.1) is 0 Å². The lowest BCUT2D eigenvalue weighted by atomic mass is 10.1. The number of hydrogen-bond donors (Lipinski definition) is 1. The van der Waals surface area contributed by atoms with Crippen LogP contribution in [-0.4, -0.2) is 6.54 Å². The maximum atomic E-state index is 8.74. The number of hydrogen-bond acceptors (Lipinski definition) is 2. The van der Waals surface area contributed by atoms with E-state index in [9.17, 15) is 0 Å². The summed E-state index contributed by atoms with van der Waals surface area (Å²) in [5, 5.41) is 14.5. The molecule has 0 fully saturated rings. The van der Waals surface area contributed by atoms with E-state index in [0.717, 1.165) is 5.69 Å². The number of rotatable bonds is 3. The molecule has 1 unspecified atom stereocenters. The lowest BCUT2D eigenvalue weighted by molar-refractivity contribution is 0.787. The van der Waals surface area contributed by atoms with E-state index in [2.05, 4.69) is 29.6 Å². The Morgan fingerprint density at radius 1 is 1.19 bits per heavy atom. The van der Waals surface area contributed by atoms with Crippen LogP contribution in [0.15, 0.2) is 42.5 Å². The van der Waals surface area contributed by atoms with Crippen LogP contribution < -0.4 is 5.32 Å². The van der Waals surface area contributed by atoms with Gasteiger partial charge >= 0.3 is 0 Å². The third-order valence-electron chi connectivity index (χ3n) is 2.61. The molecule has 1 atom stereocenters. The molecule has 2 heteroatoms. The van der Waals surface area contributed by atoms with Gasteiger partial charge < -0.3 is 5.32 Å². The van der Waals surface area contributed by atoms with Gasteiger partial charge in [-0.2, -0.15) is 5.26 Å². The molecule has 0 amide bonds. The number of benzene rings is 2. The molecule has 2 aromatic rings. The molecule has 0 saturated heterocycles. The van der Waals surface area contributed by atoms with Crippen LogP contribution in [0.3, 0.4) is 0 Å². The Kier molecular flexibility index (Phi) is 3.07. The maximum absolute atomic E-state index is 8.74. The Morgan fingerprint density at radius 3 is 2.75 bits per heavy atom. The van der Waals surface area contributed by atoms with Crippen LogP contribution in [0, 0.1) is 17.2 Å². The standard InChI is InChI=1S/C14H14N2/c1-11(9-15)10-16-14-8-4-6-12-5-2-3-7-13(12)14/h2-8,11,16H,10H2,1H3. The Bertz CT molecular complexity index is 520. The van der Waals surface area contributed by atoms with E-state index in [0.29, 0.717) is 6.54 Å². The first-order chi connectivity index (χ1) is 7.81. The van der Waals surface area contributed by atoms with Gasteiger partial charge in [-0.3, -0.25) is 0 Å². The molecule has 0 aliphatic rings. The lowest BCUT2D eigenvalue weighted by Gasteiger charge is -2.10. The lowest BCUT2D eigenvalue weighted by Crippen LogP contribution is -2.09. The molecule has 80 valence electrons. The molecular weight excluding hydrogens is 196 g/mol. The first kappa shape index (κ1) is 10.5. The number of nitrogens with one attached hydrogen (secondary N) is 1. The normalized spacial score (nSPS) is 12.0. The van der Waals surface area contributed by atoms with Crippen molar-refractivity contribution in [1.29, 1.82) is 5.26 Å². The molecule has 0 heterocycles. The molecule has 0 aliphatic heterocycles. The smallest absolute Gasteiger partial charge is 0.0671 e. The van der Waals surface area contributed by atoms with E-state index < -0.39 is 0 Å². The molecule has 2 aromatic carbocycles. The number of fused-ring (bicyclic) bond motifs is 1. The van der Waals surface area contributed by atoms with Crippen LogP contribution in [0.5, 0.6) is 0 Å². The van der Waals surface area contributed by atoms with E-state index in [-0.39, 0.29) is 5.92 Å². The number of nitrogens with zero attached hydrogens (tertiary/aromatic N) is 1. The summed E-state index contributed by atoms with van der Waals surface area (Å²) in [5.74, 6) is 0.0268. The minimum Gasteiger partial charge on any atom is -0.383 e. The van der Waals surface area contributed by atoms with Crippen molar-refractivity contribution >= 4 is 16.5 Å². The summed E-state index contributed by atoms with van der Waals surface area (Å²) >= 11 is 0. The topological polar surface area (TPSA) is 35.8 Å². The molecule has 1 N–H and O–H groups in total. The van der Waals surface area contributed by atoms with Crippen LogP contribution in [0.1, 0.15) is 6.92 Å². The molecule has 0 spiro atoms. The Hall–Kier alpha value is -2.01. The van der Waals surface area contributed by atoms with Gasteiger partial charge in [-0.1, -0.05) is 36.4 Å². The SMILES string of the molecule is CC(C#N)CNc1cccc2ccccc12. The van der Waals surface area contributed by atoms with E-state index >= 15 is 0 Å². The highest BCUT2D eigenvalue weighted by Crippen LogP contribution is 2.22. The van der Waals surface area contributed by atoms with Crippen LogP contribution in [0.4, 0.5) is 5.69 Å². The van der Waals surface area contributed by atoms with Crippen molar-refractivity contribution in [3.8, 4) is 6.07 Å². The zero-order valence-corrected chi connectivity index (χ0v) is 9.27. The number of anilines is 1. The fourth-order valence-corrected chi connectivity index (χ4v) is 1.69. The van der Waals surface area contributed by atoms with Crippen LogP contribution in [0.25, 0.3) is 10.8 Å². The third-order valence-corrected chi connectivity index (χ3v) is 2.61. The summed E-state index contributed by atoms with van der Waals surface area (Å²) < 4.78 is 0. The monoisotopic (exact) mass is 210 g/mol. The molecule has 2 rings (SSSR count). The fraction of sp³-hybridized carbons (Fsp3) is 0.214. The van der Waals surface area contributed by atoms with Crippen molar-refractivity contribution in [3.63, 3.8) is 0 Å². The van der Waals surface area contributed by atoms with Crippen LogP contribution >= 0.6 is 0 Å². The van der Waals surface area contributed by atoms with E-state index in [1.807, 2.05) is 31.2 Å². The van der Waals surface area contributed by atoms with E-state index in [4.69, 9.17) is 5.26 Å². The maximum Gasteiger partial charge on any atom is 0.0671 e. The minimum absolute atomic E-state index is 0.0268. The Labute approximate surface area is 95.5 Å². The van der Waals surface area contributed by atoms with Crippen LogP contribution in [-0.2, 0) is 0 Å². The van der Waals surface area contributed by atoms with Crippen molar-refractivity contribution in [3.05, 3.63) is 42.5 Å². The van der Waals surface area contributed by atoms with Crippen LogP contribution in [0.2, 0.25) is 0 Å². The molecule has 0 bridgehead atoms. The Morgan fingerprint density at radius 2 is 1.94 bits per heavy atom. The second-order valence-electron chi connectivity index (χ2n) is 3.94. The predicted molar refractivity (Wildman–Crippen MR) is 67.2 cm³/mol.